The van der Waals surface area contributed by atoms with Crippen LogP contribution in [0.5, 0.6) is 23.0 Å². The number of aromatic nitrogens is 1. The molecular weight excluding hydrogens is 367 g/mol. The van der Waals surface area contributed by atoms with Gasteiger partial charge in [-0.25, -0.2) is 4.39 Å². The first-order valence-electron chi connectivity index (χ1n) is 8.55. The van der Waals surface area contributed by atoms with Crippen LogP contribution in [-0.4, -0.2) is 45.4 Å². The molecule has 148 valence electrons. The maximum atomic E-state index is 13.1. The van der Waals surface area contributed by atoms with Crippen LogP contribution in [0.1, 0.15) is 10.5 Å². The fourth-order valence-electron chi connectivity index (χ4n) is 2.84. The van der Waals surface area contributed by atoms with Gasteiger partial charge in [-0.2, -0.15) is 0 Å². The quantitative estimate of drug-likeness (QED) is 0.580. The molecule has 7 nitrogen and oxygen atoms in total. The van der Waals surface area contributed by atoms with Crippen LogP contribution in [-0.2, 0) is 0 Å². The molecule has 0 aliphatic rings. The number of nitrogens with one attached hydrogen (secondary N) is 2. The Balaban J connectivity index is 1.71. The molecule has 2 aromatic carbocycles. The van der Waals surface area contributed by atoms with E-state index in [4.69, 9.17) is 18.9 Å². The molecule has 0 radical (unpaired) electrons. The van der Waals surface area contributed by atoms with E-state index >= 15 is 0 Å². The van der Waals surface area contributed by atoms with Crippen LogP contribution >= 0.6 is 0 Å². The Morgan fingerprint density at radius 3 is 2.54 bits per heavy atom. The lowest BCUT2D eigenvalue weighted by Gasteiger charge is -2.11. The topological polar surface area (TPSA) is 81.8 Å². The van der Waals surface area contributed by atoms with Crippen LogP contribution in [0, 0.1) is 5.82 Å². The van der Waals surface area contributed by atoms with Gasteiger partial charge in [-0.05, 0) is 18.2 Å². The lowest BCUT2D eigenvalue weighted by molar-refractivity contribution is 0.0943. The molecule has 1 amide bonds. The lowest BCUT2D eigenvalue weighted by Crippen LogP contribution is -2.28. The molecule has 0 unspecified atom stereocenters. The molecule has 2 N–H and O–H groups in total. The van der Waals surface area contributed by atoms with Crippen molar-refractivity contribution >= 4 is 16.8 Å². The molecule has 28 heavy (non-hydrogen) atoms. The number of fused-ring (bicyclic) bond motifs is 1. The van der Waals surface area contributed by atoms with Gasteiger partial charge in [0.15, 0.2) is 11.5 Å². The third-order valence-corrected chi connectivity index (χ3v) is 4.14. The van der Waals surface area contributed by atoms with E-state index in [0.29, 0.717) is 39.6 Å². The van der Waals surface area contributed by atoms with Gasteiger partial charge in [0.2, 0.25) is 0 Å². The van der Waals surface area contributed by atoms with Crippen molar-refractivity contribution in [2.45, 2.75) is 0 Å². The maximum absolute atomic E-state index is 13.1. The summed E-state index contributed by atoms with van der Waals surface area (Å²) >= 11 is 0. The highest BCUT2D eigenvalue weighted by Gasteiger charge is 2.19. The van der Waals surface area contributed by atoms with E-state index < -0.39 is 0 Å². The molecule has 1 heterocycles. The van der Waals surface area contributed by atoms with Crippen molar-refractivity contribution in [2.24, 2.45) is 0 Å². The van der Waals surface area contributed by atoms with E-state index in [-0.39, 0.29) is 24.9 Å². The summed E-state index contributed by atoms with van der Waals surface area (Å²) in [6.07, 6.45) is 0. The lowest BCUT2D eigenvalue weighted by atomic mass is 10.2. The number of ether oxygens (including phenoxy) is 4. The molecule has 3 rings (SSSR count). The van der Waals surface area contributed by atoms with Gasteiger partial charge in [0.25, 0.3) is 5.91 Å². The first-order chi connectivity index (χ1) is 13.6. The molecule has 1 aromatic heterocycles. The van der Waals surface area contributed by atoms with E-state index in [1.54, 1.807) is 24.3 Å². The molecule has 0 atom stereocenters. The third-order valence-electron chi connectivity index (χ3n) is 4.14. The molecule has 0 aliphatic carbocycles. The van der Waals surface area contributed by atoms with Crippen LogP contribution < -0.4 is 24.3 Å². The summed E-state index contributed by atoms with van der Waals surface area (Å²) in [4.78, 5) is 15.5. The fraction of sp³-hybridized carbons (Fsp3) is 0.250. The number of hydrogen-bond acceptors (Lipinski definition) is 5. The highest BCUT2D eigenvalue weighted by atomic mass is 19.1. The van der Waals surface area contributed by atoms with Gasteiger partial charge in [-0.1, -0.05) is 6.07 Å². The molecular formula is C20H21FN2O5. The fourth-order valence-corrected chi connectivity index (χ4v) is 2.84. The van der Waals surface area contributed by atoms with Crippen LogP contribution in [0.4, 0.5) is 4.39 Å². The number of carbonyl (C=O) groups is 1. The smallest absolute Gasteiger partial charge is 0.267 e. The van der Waals surface area contributed by atoms with Crippen molar-refractivity contribution in [2.75, 3.05) is 34.5 Å². The summed E-state index contributed by atoms with van der Waals surface area (Å²) in [7, 11) is 4.59. The summed E-state index contributed by atoms with van der Waals surface area (Å²) in [5.74, 6) is 1.23. The molecule has 0 bridgehead atoms. The van der Waals surface area contributed by atoms with Crippen LogP contribution in [0.2, 0.25) is 0 Å². The number of methoxy groups -OCH3 is 3. The molecule has 0 saturated heterocycles. The zero-order chi connectivity index (χ0) is 20.1. The van der Waals surface area contributed by atoms with Gasteiger partial charge < -0.3 is 29.2 Å². The minimum absolute atomic E-state index is 0.204. The Labute approximate surface area is 161 Å². The van der Waals surface area contributed by atoms with Gasteiger partial charge in [-0.3, -0.25) is 4.79 Å². The van der Waals surface area contributed by atoms with Crippen molar-refractivity contribution in [3.8, 4) is 23.0 Å². The Morgan fingerprint density at radius 1 is 1.07 bits per heavy atom. The van der Waals surface area contributed by atoms with Gasteiger partial charge in [0, 0.05) is 17.5 Å². The maximum Gasteiger partial charge on any atom is 0.267 e. The highest BCUT2D eigenvalue weighted by Crippen LogP contribution is 2.41. The first kappa shape index (κ1) is 19.3. The standard InChI is InChI=1S/C20H21FN2O5/c1-25-16-11-17(26-2)19(27-3)18-14(16)10-15(23-18)20(24)22-7-8-28-13-6-4-5-12(21)9-13/h4-6,9-11,23H,7-8H2,1-3H3,(H,22,24). The van der Waals surface area contributed by atoms with Crippen LogP contribution in [0.15, 0.2) is 36.4 Å². The van der Waals surface area contributed by atoms with E-state index in [1.807, 2.05) is 0 Å². The predicted octanol–water partition coefficient (Wildman–Crippen LogP) is 3.14. The number of amides is 1. The average molecular weight is 388 g/mol. The SMILES string of the molecule is COc1cc(OC)c2cc(C(=O)NCCOc3cccc(F)c3)[nH]c2c1OC. The predicted molar refractivity (Wildman–Crippen MR) is 102 cm³/mol. The van der Waals surface area contributed by atoms with E-state index in [1.165, 1.54) is 33.5 Å². The summed E-state index contributed by atoms with van der Waals surface area (Å²) in [6, 6.07) is 9.20. The summed E-state index contributed by atoms with van der Waals surface area (Å²) in [6.45, 7) is 0.457. The third kappa shape index (κ3) is 3.95. The van der Waals surface area contributed by atoms with Crippen molar-refractivity contribution < 1.29 is 28.1 Å². The number of hydrogen-bond donors (Lipinski definition) is 2. The molecule has 0 fully saturated rings. The summed E-state index contributed by atoms with van der Waals surface area (Å²) in [5, 5.41) is 3.44. The van der Waals surface area contributed by atoms with Gasteiger partial charge in [-0.15, -0.1) is 0 Å². The Hall–Kier alpha value is -3.42. The first-order valence-corrected chi connectivity index (χ1v) is 8.55. The molecule has 0 spiro atoms. The second-order valence-corrected chi connectivity index (χ2v) is 5.85. The normalized spacial score (nSPS) is 10.6. The molecule has 0 aliphatic heterocycles. The second-order valence-electron chi connectivity index (χ2n) is 5.85. The van der Waals surface area contributed by atoms with Gasteiger partial charge in [0.05, 0.1) is 33.4 Å². The Kier molecular flexibility index (Phi) is 5.88. The molecule has 8 heteroatoms. The number of aromatic amines is 1. The van der Waals surface area contributed by atoms with Crippen molar-refractivity contribution in [1.82, 2.24) is 10.3 Å². The summed E-state index contributed by atoms with van der Waals surface area (Å²) in [5.41, 5.74) is 0.936. The van der Waals surface area contributed by atoms with Crippen LogP contribution in [0.25, 0.3) is 10.9 Å². The number of H-pyrrole nitrogens is 1. The van der Waals surface area contributed by atoms with E-state index in [2.05, 4.69) is 10.3 Å². The summed E-state index contributed by atoms with van der Waals surface area (Å²) < 4.78 is 34.6. The van der Waals surface area contributed by atoms with Gasteiger partial charge in [0.1, 0.15) is 29.6 Å². The number of rotatable bonds is 8. The second kappa shape index (κ2) is 8.51. The number of carbonyl (C=O) groups excluding carboxylic acids is 1. The largest absolute Gasteiger partial charge is 0.496 e. The average Bonchev–Trinajstić information content (AvgIpc) is 3.15. The Morgan fingerprint density at radius 2 is 1.86 bits per heavy atom. The minimum Gasteiger partial charge on any atom is -0.496 e. The minimum atomic E-state index is -0.377. The van der Waals surface area contributed by atoms with Crippen LogP contribution in [0.3, 0.4) is 0 Å². The zero-order valence-electron chi connectivity index (χ0n) is 15.8. The van der Waals surface area contributed by atoms with Crippen molar-refractivity contribution in [3.05, 3.63) is 47.9 Å². The molecule has 0 saturated carbocycles. The highest BCUT2D eigenvalue weighted by molar-refractivity contribution is 6.02. The van der Waals surface area contributed by atoms with Crippen molar-refractivity contribution in [3.63, 3.8) is 0 Å². The Bertz CT molecular complexity index is 986. The zero-order valence-corrected chi connectivity index (χ0v) is 15.8. The van der Waals surface area contributed by atoms with E-state index in [9.17, 15) is 9.18 Å². The number of halogens is 1. The number of benzene rings is 2. The van der Waals surface area contributed by atoms with E-state index in [0.717, 1.165) is 0 Å². The van der Waals surface area contributed by atoms with Crippen molar-refractivity contribution in [1.29, 1.82) is 0 Å². The molecule has 3 aromatic rings. The monoisotopic (exact) mass is 388 g/mol. The van der Waals surface area contributed by atoms with Gasteiger partial charge >= 0.3 is 0 Å².